The van der Waals surface area contributed by atoms with Crippen molar-refractivity contribution >= 4 is 11.6 Å². The summed E-state index contributed by atoms with van der Waals surface area (Å²) in [5.74, 6) is -0.215. The number of aliphatic hydroxyl groups excluding tert-OH is 1. The van der Waals surface area contributed by atoms with Crippen molar-refractivity contribution in [3.63, 3.8) is 0 Å². The number of benzene rings is 1. The molecule has 1 aromatic heterocycles. The van der Waals surface area contributed by atoms with Crippen LogP contribution < -0.4 is 11.1 Å². The minimum Gasteiger partial charge on any atom is -0.398 e. The van der Waals surface area contributed by atoms with Crippen molar-refractivity contribution in [2.75, 3.05) is 19.4 Å². The van der Waals surface area contributed by atoms with Crippen molar-refractivity contribution in [1.82, 2.24) is 15.1 Å². The first kappa shape index (κ1) is 16.0. The number of hydrogen-bond acceptors (Lipinski definition) is 4. The molecule has 1 amide bonds. The summed E-state index contributed by atoms with van der Waals surface area (Å²) in [6, 6.07) is 5.34. The Balaban J connectivity index is 2.38. The monoisotopic (exact) mass is 302 g/mol. The van der Waals surface area contributed by atoms with Gasteiger partial charge in [0.25, 0.3) is 5.91 Å². The molecule has 6 nitrogen and oxygen atoms in total. The van der Waals surface area contributed by atoms with Gasteiger partial charge >= 0.3 is 0 Å². The second-order valence-electron chi connectivity index (χ2n) is 5.84. The molecular weight excluding hydrogens is 280 g/mol. The number of anilines is 1. The van der Waals surface area contributed by atoms with Gasteiger partial charge in [-0.25, -0.2) is 0 Å². The van der Waals surface area contributed by atoms with Crippen LogP contribution in [0.25, 0.3) is 11.1 Å². The van der Waals surface area contributed by atoms with E-state index < -0.39 is 0 Å². The summed E-state index contributed by atoms with van der Waals surface area (Å²) in [6.07, 6.45) is 4.27. The minimum absolute atomic E-state index is 0.102. The van der Waals surface area contributed by atoms with Gasteiger partial charge in [0.15, 0.2) is 0 Å². The summed E-state index contributed by atoms with van der Waals surface area (Å²) in [6.45, 7) is 4.13. The molecule has 0 unspecified atom stereocenters. The van der Waals surface area contributed by atoms with Gasteiger partial charge in [0.2, 0.25) is 0 Å². The molecule has 2 rings (SSSR count). The van der Waals surface area contributed by atoms with E-state index >= 15 is 0 Å². The summed E-state index contributed by atoms with van der Waals surface area (Å²) in [4.78, 5) is 11.8. The van der Waals surface area contributed by atoms with Crippen LogP contribution in [0, 0.1) is 0 Å². The Labute approximate surface area is 129 Å². The third-order valence-corrected chi connectivity index (χ3v) is 3.78. The molecule has 0 bridgehead atoms. The number of aliphatic hydroxyl groups is 1. The Bertz CT molecular complexity index is 677. The first-order valence-corrected chi connectivity index (χ1v) is 7.17. The van der Waals surface area contributed by atoms with Gasteiger partial charge < -0.3 is 16.2 Å². The van der Waals surface area contributed by atoms with Crippen LogP contribution in [0.1, 0.15) is 30.6 Å². The first-order valence-electron chi connectivity index (χ1n) is 7.17. The van der Waals surface area contributed by atoms with E-state index in [1.54, 1.807) is 25.4 Å². The lowest BCUT2D eigenvalue weighted by molar-refractivity contribution is 0.0964. The number of carbonyl (C=O) groups excluding carboxylic acids is 1. The molecule has 0 aliphatic carbocycles. The average molecular weight is 302 g/mol. The molecule has 2 aromatic rings. The molecule has 0 spiro atoms. The summed E-state index contributed by atoms with van der Waals surface area (Å²) in [5.41, 5.74) is 8.24. The van der Waals surface area contributed by atoms with Gasteiger partial charge in [0.05, 0.1) is 17.3 Å². The number of carbonyl (C=O) groups is 1. The van der Waals surface area contributed by atoms with E-state index in [-0.39, 0.29) is 18.1 Å². The lowest BCUT2D eigenvalue weighted by Gasteiger charge is -2.24. The third-order valence-electron chi connectivity index (χ3n) is 3.78. The normalized spacial score (nSPS) is 11.5. The van der Waals surface area contributed by atoms with Crippen LogP contribution in [0.2, 0.25) is 0 Å². The molecule has 0 aliphatic rings. The highest BCUT2D eigenvalue weighted by atomic mass is 16.3. The predicted molar refractivity (Wildman–Crippen MR) is 86.5 cm³/mol. The number of hydrogen-bond donors (Lipinski definition) is 3. The lowest BCUT2D eigenvalue weighted by Crippen LogP contribution is -2.27. The summed E-state index contributed by atoms with van der Waals surface area (Å²) in [7, 11) is 1.57. The van der Waals surface area contributed by atoms with E-state index in [4.69, 9.17) is 10.8 Å². The maximum atomic E-state index is 11.8. The molecule has 0 radical (unpaired) electrons. The number of rotatable bonds is 5. The van der Waals surface area contributed by atoms with Crippen molar-refractivity contribution in [1.29, 1.82) is 0 Å². The Kier molecular flexibility index (Phi) is 4.51. The topological polar surface area (TPSA) is 93.2 Å². The second kappa shape index (κ2) is 6.19. The van der Waals surface area contributed by atoms with E-state index in [9.17, 15) is 4.79 Å². The first-order chi connectivity index (χ1) is 10.4. The second-order valence-corrected chi connectivity index (χ2v) is 5.84. The SMILES string of the molecule is CNC(=O)c1cc(-c2cnn(C(C)(C)CCO)c2)ccc1N. The van der Waals surface area contributed by atoms with E-state index in [1.807, 2.05) is 30.8 Å². The van der Waals surface area contributed by atoms with Crippen LogP contribution in [0.4, 0.5) is 5.69 Å². The molecule has 1 heterocycles. The van der Waals surface area contributed by atoms with E-state index in [1.165, 1.54) is 0 Å². The van der Waals surface area contributed by atoms with E-state index in [0.717, 1.165) is 11.1 Å². The Morgan fingerprint density at radius 3 is 2.77 bits per heavy atom. The van der Waals surface area contributed by atoms with Gasteiger partial charge in [-0.2, -0.15) is 5.10 Å². The number of amides is 1. The molecule has 0 saturated heterocycles. The predicted octanol–water partition coefficient (Wildman–Crippen LogP) is 1.61. The van der Waals surface area contributed by atoms with Gasteiger partial charge in [0, 0.05) is 31.1 Å². The zero-order valence-electron chi connectivity index (χ0n) is 13.1. The van der Waals surface area contributed by atoms with Crippen LogP contribution in [0.3, 0.4) is 0 Å². The number of nitrogen functional groups attached to an aromatic ring is 1. The molecule has 0 atom stereocenters. The zero-order chi connectivity index (χ0) is 16.3. The quantitative estimate of drug-likeness (QED) is 0.732. The lowest BCUT2D eigenvalue weighted by atomic mass is 10.0. The number of nitrogens with zero attached hydrogens (tertiary/aromatic N) is 2. The highest BCUT2D eigenvalue weighted by Crippen LogP contribution is 2.26. The maximum Gasteiger partial charge on any atom is 0.253 e. The highest BCUT2D eigenvalue weighted by molar-refractivity contribution is 6.00. The smallest absolute Gasteiger partial charge is 0.253 e. The van der Waals surface area contributed by atoms with Crippen molar-refractivity contribution in [2.24, 2.45) is 0 Å². The summed E-state index contributed by atoms with van der Waals surface area (Å²) >= 11 is 0. The fourth-order valence-electron chi connectivity index (χ4n) is 2.26. The van der Waals surface area contributed by atoms with Crippen LogP contribution in [0.5, 0.6) is 0 Å². The number of nitrogens with one attached hydrogen (secondary N) is 1. The van der Waals surface area contributed by atoms with Crippen molar-refractivity contribution < 1.29 is 9.90 Å². The highest BCUT2D eigenvalue weighted by Gasteiger charge is 2.21. The molecule has 6 heteroatoms. The summed E-state index contributed by atoms with van der Waals surface area (Å²) < 4.78 is 1.83. The van der Waals surface area contributed by atoms with Gasteiger partial charge in [-0.15, -0.1) is 0 Å². The van der Waals surface area contributed by atoms with E-state index in [2.05, 4.69) is 10.4 Å². The maximum absolute atomic E-state index is 11.8. The fraction of sp³-hybridized carbons (Fsp3) is 0.375. The number of aromatic nitrogens is 2. The Hall–Kier alpha value is -2.34. The Morgan fingerprint density at radius 2 is 2.14 bits per heavy atom. The molecule has 118 valence electrons. The largest absolute Gasteiger partial charge is 0.398 e. The summed E-state index contributed by atoms with van der Waals surface area (Å²) in [5, 5.41) is 16.1. The van der Waals surface area contributed by atoms with Crippen LogP contribution >= 0.6 is 0 Å². The molecule has 22 heavy (non-hydrogen) atoms. The minimum atomic E-state index is -0.273. The van der Waals surface area contributed by atoms with E-state index in [0.29, 0.717) is 17.7 Å². The average Bonchev–Trinajstić information content (AvgIpc) is 2.97. The molecule has 1 aromatic carbocycles. The van der Waals surface area contributed by atoms with Gasteiger partial charge in [0.1, 0.15) is 0 Å². The van der Waals surface area contributed by atoms with Crippen molar-refractivity contribution in [2.45, 2.75) is 25.8 Å². The van der Waals surface area contributed by atoms with Gasteiger partial charge in [-0.1, -0.05) is 6.07 Å². The molecule has 0 saturated carbocycles. The van der Waals surface area contributed by atoms with Crippen LogP contribution in [0.15, 0.2) is 30.6 Å². The van der Waals surface area contributed by atoms with Crippen molar-refractivity contribution in [3.8, 4) is 11.1 Å². The third kappa shape index (κ3) is 3.12. The Morgan fingerprint density at radius 1 is 1.41 bits per heavy atom. The number of nitrogens with two attached hydrogens (primary N) is 1. The fourth-order valence-corrected chi connectivity index (χ4v) is 2.26. The van der Waals surface area contributed by atoms with Crippen molar-refractivity contribution in [3.05, 3.63) is 36.2 Å². The standard InChI is InChI=1S/C16H22N4O2/c1-16(2,6-7-21)20-10-12(9-19-20)11-4-5-14(17)13(8-11)15(22)18-3/h4-5,8-10,21H,6-7,17H2,1-3H3,(H,18,22). The molecule has 0 fully saturated rings. The molecular formula is C16H22N4O2. The van der Waals surface area contributed by atoms with Gasteiger partial charge in [-0.05, 0) is 38.0 Å². The molecule has 0 aliphatic heterocycles. The van der Waals surface area contributed by atoms with Crippen LogP contribution in [-0.4, -0.2) is 34.4 Å². The van der Waals surface area contributed by atoms with Crippen LogP contribution in [-0.2, 0) is 5.54 Å². The van der Waals surface area contributed by atoms with Gasteiger partial charge in [-0.3, -0.25) is 9.48 Å². The zero-order valence-corrected chi connectivity index (χ0v) is 13.1. The molecule has 4 N–H and O–H groups in total.